The minimum absolute atomic E-state index is 0.0375. The normalized spacial score (nSPS) is 21.6. The number of nitrogens with one attached hydrogen (secondary N) is 1. The highest BCUT2D eigenvalue weighted by atomic mass is 19.1. The largest absolute Gasteiger partial charge is 0.477 e. The number of carboxylic acid groups (broad SMARTS) is 1. The summed E-state index contributed by atoms with van der Waals surface area (Å²) in [4.78, 5) is 26.4. The fourth-order valence-corrected chi connectivity index (χ4v) is 4.93. The topological polar surface area (TPSA) is 74.6 Å². The van der Waals surface area contributed by atoms with Crippen molar-refractivity contribution in [1.29, 1.82) is 0 Å². The van der Waals surface area contributed by atoms with Gasteiger partial charge in [0.2, 0.25) is 5.43 Å². The molecular formula is C22H28FN3O3. The van der Waals surface area contributed by atoms with Crippen LogP contribution in [0.3, 0.4) is 0 Å². The molecule has 2 N–H and O–H groups in total. The van der Waals surface area contributed by atoms with E-state index in [1.165, 1.54) is 12.3 Å². The fraction of sp³-hybridized carbons (Fsp3) is 0.545. The van der Waals surface area contributed by atoms with Crippen LogP contribution in [0.25, 0.3) is 10.9 Å². The number of fused-ring (bicyclic) bond motifs is 1. The molecule has 1 aromatic heterocycles. The quantitative estimate of drug-likeness (QED) is 0.822. The Bertz CT molecular complexity index is 1060. The maximum atomic E-state index is 15.3. The summed E-state index contributed by atoms with van der Waals surface area (Å²) in [5.41, 5.74) is 0.938. The summed E-state index contributed by atoms with van der Waals surface area (Å²) >= 11 is 0. The SMILES string of the molecule is CNC1CCN(c2c(F)cc3c(=O)c(C(=O)O)cn(C4CC4)c3c2C)CC1(C)C. The number of hydrogen-bond acceptors (Lipinski definition) is 4. The molecule has 29 heavy (non-hydrogen) atoms. The number of benzene rings is 1. The Morgan fingerprint density at radius 3 is 2.55 bits per heavy atom. The molecule has 1 aliphatic heterocycles. The number of hydrogen-bond donors (Lipinski definition) is 2. The molecule has 4 rings (SSSR count). The second-order valence-corrected chi connectivity index (χ2v) is 9.08. The molecule has 1 unspecified atom stereocenters. The molecule has 6 nitrogen and oxygen atoms in total. The average Bonchev–Trinajstić information content (AvgIpc) is 3.46. The second kappa shape index (κ2) is 6.83. The lowest BCUT2D eigenvalue weighted by Crippen LogP contribution is -2.54. The van der Waals surface area contributed by atoms with E-state index in [1.807, 2.05) is 18.5 Å². The van der Waals surface area contributed by atoms with Gasteiger partial charge < -0.3 is 19.9 Å². The number of carboxylic acids is 1. The van der Waals surface area contributed by atoms with Crippen LogP contribution in [-0.4, -0.2) is 41.8 Å². The van der Waals surface area contributed by atoms with E-state index in [-0.39, 0.29) is 22.4 Å². The predicted molar refractivity (Wildman–Crippen MR) is 112 cm³/mol. The van der Waals surface area contributed by atoms with E-state index in [0.29, 0.717) is 29.4 Å². The van der Waals surface area contributed by atoms with Gasteiger partial charge in [-0.15, -0.1) is 0 Å². The van der Waals surface area contributed by atoms with Crippen molar-refractivity contribution in [3.05, 3.63) is 39.4 Å². The minimum Gasteiger partial charge on any atom is -0.477 e. The second-order valence-electron chi connectivity index (χ2n) is 9.08. The Morgan fingerprint density at radius 1 is 1.31 bits per heavy atom. The van der Waals surface area contributed by atoms with Crippen LogP contribution in [0.1, 0.15) is 55.1 Å². The Morgan fingerprint density at radius 2 is 2.00 bits per heavy atom. The van der Waals surface area contributed by atoms with Gasteiger partial charge in [0.25, 0.3) is 0 Å². The van der Waals surface area contributed by atoms with E-state index < -0.39 is 17.2 Å². The first-order valence-corrected chi connectivity index (χ1v) is 10.2. The van der Waals surface area contributed by atoms with E-state index in [2.05, 4.69) is 24.1 Å². The number of piperidine rings is 1. The molecule has 7 heteroatoms. The van der Waals surface area contributed by atoms with Gasteiger partial charge in [0.15, 0.2) is 0 Å². The van der Waals surface area contributed by atoms with E-state index in [4.69, 9.17) is 0 Å². The van der Waals surface area contributed by atoms with E-state index in [1.54, 1.807) is 0 Å². The van der Waals surface area contributed by atoms with Crippen molar-refractivity contribution in [3.8, 4) is 0 Å². The highest BCUT2D eigenvalue weighted by Crippen LogP contribution is 2.41. The first-order chi connectivity index (χ1) is 13.7. The van der Waals surface area contributed by atoms with Gasteiger partial charge in [-0.25, -0.2) is 9.18 Å². The summed E-state index contributed by atoms with van der Waals surface area (Å²) in [5.74, 6) is -1.74. The molecular weight excluding hydrogens is 373 g/mol. The molecule has 0 amide bonds. The summed E-state index contributed by atoms with van der Waals surface area (Å²) in [5, 5.41) is 12.9. The molecule has 1 saturated carbocycles. The number of carbonyl (C=O) groups is 1. The Balaban J connectivity index is 1.92. The van der Waals surface area contributed by atoms with Gasteiger partial charge in [0, 0.05) is 36.8 Å². The molecule has 2 aromatic rings. The summed E-state index contributed by atoms with van der Waals surface area (Å²) in [6, 6.07) is 1.76. The molecule has 0 bridgehead atoms. The van der Waals surface area contributed by atoms with Gasteiger partial charge in [-0.1, -0.05) is 13.8 Å². The van der Waals surface area contributed by atoms with Crippen LogP contribution in [0.2, 0.25) is 0 Å². The van der Waals surface area contributed by atoms with Crippen LogP contribution >= 0.6 is 0 Å². The zero-order valence-electron chi connectivity index (χ0n) is 17.4. The van der Waals surface area contributed by atoms with Crippen LogP contribution in [0.15, 0.2) is 17.1 Å². The van der Waals surface area contributed by atoms with Crippen LogP contribution in [0.4, 0.5) is 10.1 Å². The summed E-state index contributed by atoms with van der Waals surface area (Å²) < 4.78 is 17.2. The van der Waals surface area contributed by atoms with E-state index in [9.17, 15) is 14.7 Å². The van der Waals surface area contributed by atoms with Crippen molar-refractivity contribution >= 4 is 22.6 Å². The van der Waals surface area contributed by atoms with Crippen molar-refractivity contribution in [2.24, 2.45) is 5.41 Å². The van der Waals surface area contributed by atoms with Gasteiger partial charge in [-0.3, -0.25) is 4.79 Å². The zero-order valence-corrected chi connectivity index (χ0v) is 17.4. The van der Waals surface area contributed by atoms with Gasteiger partial charge in [-0.2, -0.15) is 0 Å². The number of aromatic carboxylic acids is 1. The number of halogens is 1. The van der Waals surface area contributed by atoms with Crippen molar-refractivity contribution < 1.29 is 14.3 Å². The molecule has 1 atom stereocenters. The third kappa shape index (κ3) is 3.21. The summed E-state index contributed by atoms with van der Waals surface area (Å²) in [7, 11) is 1.96. The van der Waals surface area contributed by atoms with Crippen LogP contribution in [-0.2, 0) is 0 Å². The summed E-state index contributed by atoms with van der Waals surface area (Å²) in [6.07, 6.45) is 4.21. The van der Waals surface area contributed by atoms with Crippen LogP contribution in [0.5, 0.6) is 0 Å². The lowest BCUT2D eigenvalue weighted by Gasteiger charge is -2.45. The van der Waals surface area contributed by atoms with Crippen molar-refractivity contribution in [3.63, 3.8) is 0 Å². The van der Waals surface area contributed by atoms with Gasteiger partial charge in [-0.05, 0) is 50.3 Å². The third-order valence-corrected chi connectivity index (χ3v) is 6.54. The van der Waals surface area contributed by atoms with Crippen molar-refractivity contribution in [2.75, 3.05) is 25.0 Å². The molecule has 0 radical (unpaired) electrons. The Labute approximate surface area is 169 Å². The third-order valence-electron chi connectivity index (χ3n) is 6.54. The zero-order chi connectivity index (χ0) is 21.1. The van der Waals surface area contributed by atoms with Crippen molar-refractivity contribution in [1.82, 2.24) is 9.88 Å². The standard InChI is InChI=1S/C22H28FN3O3/c1-12-18-14(20(27)15(21(28)29)10-26(18)13-5-6-13)9-16(23)19(12)25-8-7-17(24-4)22(2,3)11-25/h9-10,13,17,24H,5-8,11H2,1-4H3,(H,28,29). The molecule has 2 fully saturated rings. The van der Waals surface area contributed by atoms with Crippen LogP contribution < -0.4 is 15.6 Å². The van der Waals surface area contributed by atoms with Crippen molar-refractivity contribution in [2.45, 2.75) is 52.1 Å². The predicted octanol–water partition coefficient (Wildman–Crippen LogP) is 3.31. The molecule has 2 heterocycles. The van der Waals surface area contributed by atoms with Crippen LogP contribution in [0, 0.1) is 18.2 Å². The maximum Gasteiger partial charge on any atom is 0.341 e. The molecule has 1 aliphatic carbocycles. The number of aryl methyl sites for hydroxylation is 1. The molecule has 1 saturated heterocycles. The first-order valence-electron chi connectivity index (χ1n) is 10.2. The Kier molecular flexibility index (Phi) is 4.69. The molecule has 156 valence electrons. The van der Waals surface area contributed by atoms with Gasteiger partial charge in [0.1, 0.15) is 11.4 Å². The van der Waals surface area contributed by atoms with E-state index in [0.717, 1.165) is 25.8 Å². The first kappa shape index (κ1) is 19.9. The average molecular weight is 401 g/mol. The highest BCUT2D eigenvalue weighted by molar-refractivity contribution is 5.95. The van der Waals surface area contributed by atoms with Gasteiger partial charge >= 0.3 is 5.97 Å². The molecule has 2 aliphatic rings. The number of rotatable bonds is 4. The van der Waals surface area contributed by atoms with Gasteiger partial charge in [0.05, 0.1) is 11.2 Å². The molecule has 0 spiro atoms. The lowest BCUT2D eigenvalue weighted by atomic mass is 9.79. The monoisotopic (exact) mass is 401 g/mol. The lowest BCUT2D eigenvalue weighted by molar-refractivity contribution is 0.0695. The fourth-order valence-electron chi connectivity index (χ4n) is 4.93. The minimum atomic E-state index is -1.27. The number of anilines is 1. The number of aromatic nitrogens is 1. The number of nitrogens with zero attached hydrogens (tertiary/aromatic N) is 2. The smallest absolute Gasteiger partial charge is 0.341 e. The van der Waals surface area contributed by atoms with E-state index >= 15 is 4.39 Å². The summed E-state index contributed by atoms with van der Waals surface area (Å²) in [6.45, 7) is 7.61. The maximum absolute atomic E-state index is 15.3. The highest BCUT2D eigenvalue weighted by Gasteiger charge is 2.37. The molecule has 1 aromatic carbocycles. The number of pyridine rings is 1. The Hall–Kier alpha value is -2.41.